The van der Waals surface area contributed by atoms with E-state index in [0.717, 1.165) is 24.1 Å². The van der Waals surface area contributed by atoms with Gasteiger partial charge in [-0.25, -0.2) is 0 Å². The van der Waals surface area contributed by atoms with Crippen LogP contribution in [-0.2, 0) is 16.4 Å². The van der Waals surface area contributed by atoms with Crippen molar-refractivity contribution in [3.8, 4) is 0 Å². The summed E-state index contributed by atoms with van der Waals surface area (Å²) in [5, 5.41) is 6.37. The Kier molecular flexibility index (Phi) is 4.70. The molecule has 2 fully saturated rings. The Labute approximate surface area is 162 Å². The van der Waals surface area contributed by atoms with Gasteiger partial charge in [-0.15, -0.1) is 0 Å². The molecule has 1 amide bonds. The molecule has 1 heterocycles. The van der Waals surface area contributed by atoms with Crippen LogP contribution in [0.2, 0.25) is 0 Å². The summed E-state index contributed by atoms with van der Waals surface area (Å²) in [6, 6.07) is 15.4. The molecule has 3 nitrogen and oxygen atoms in total. The van der Waals surface area contributed by atoms with E-state index >= 15 is 0 Å². The molecule has 28 heavy (non-hydrogen) atoms. The first-order valence-electron chi connectivity index (χ1n) is 9.53. The zero-order chi connectivity index (χ0) is 19.9. The van der Waals surface area contributed by atoms with Crippen LogP contribution >= 0.6 is 0 Å². The highest BCUT2D eigenvalue weighted by Gasteiger charge is 2.52. The van der Waals surface area contributed by atoms with Crippen molar-refractivity contribution in [2.45, 2.75) is 36.9 Å². The molecular weight excluding hydrogens is 365 g/mol. The second-order valence-corrected chi connectivity index (χ2v) is 8.04. The fraction of sp³-hybridized carbons (Fsp3) is 0.409. The quantitative estimate of drug-likeness (QED) is 0.835. The van der Waals surface area contributed by atoms with E-state index in [4.69, 9.17) is 0 Å². The summed E-state index contributed by atoms with van der Waals surface area (Å²) < 4.78 is 38.4. The largest absolute Gasteiger partial charge is 0.416 e. The van der Waals surface area contributed by atoms with Gasteiger partial charge in [-0.2, -0.15) is 13.2 Å². The number of rotatable bonds is 4. The third-order valence-corrected chi connectivity index (χ3v) is 6.20. The SMILES string of the molecule is CC1(c2ccccc2)CC1NC(=O)C1CNCC1c1ccc(C(F)(F)F)cc1. The van der Waals surface area contributed by atoms with Gasteiger partial charge in [0.1, 0.15) is 0 Å². The van der Waals surface area contributed by atoms with E-state index < -0.39 is 11.7 Å². The molecule has 2 N–H and O–H groups in total. The van der Waals surface area contributed by atoms with Crippen LogP contribution in [0, 0.1) is 5.92 Å². The van der Waals surface area contributed by atoms with Crippen LogP contribution < -0.4 is 10.6 Å². The highest BCUT2D eigenvalue weighted by molar-refractivity contribution is 5.81. The smallest absolute Gasteiger partial charge is 0.352 e. The Morgan fingerprint density at radius 1 is 1.07 bits per heavy atom. The van der Waals surface area contributed by atoms with Gasteiger partial charge >= 0.3 is 6.18 Å². The van der Waals surface area contributed by atoms with Crippen molar-refractivity contribution in [3.63, 3.8) is 0 Å². The molecule has 6 heteroatoms. The van der Waals surface area contributed by atoms with Crippen LogP contribution in [0.1, 0.15) is 36.0 Å². The lowest BCUT2D eigenvalue weighted by Crippen LogP contribution is -2.38. The highest BCUT2D eigenvalue weighted by Crippen LogP contribution is 2.48. The van der Waals surface area contributed by atoms with Gasteiger partial charge in [0.2, 0.25) is 5.91 Å². The van der Waals surface area contributed by atoms with E-state index in [1.165, 1.54) is 17.7 Å². The molecule has 0 spiro atoms. The molecule has 2 aromatic carbocycles. The van der Waals surface area contributed by atoms with Crippen LogP contribution in [-0.4, -0.2) is 25.0 Å². The number of alkyl halides is 3. The molecular formula is C22H23F3N2O. The number of halogens is 3. The van der Waals surface area contributed by atoms with Crippen molar-refractivity contribution < 1.29 is 18.0 Å². The molecule has 148 valence electrons. The number of carbonyl (C=O) groups is 1. The van der Waals surface area contributed by atoms with Crippen LogP contribution in [0.4, 0.5) is 13.2 Å². The minimum absolute atomic E-state index is 0.0282. The summed E-state index contributed by atoms with van der Waals surface area (Å²) in [6.07, 6.45) is -3.45. The first-order chi connectivity index (χ1) is 13.3. The predicted molar refractivity (Wildman–Crippen MR) is 101 cm³/mol. The van der Waals surface area contributed by atoms with E-state index in [0.29, 0.717) is 13.1 Å². The van der Waals surface area contributed by atoms with Crippen molar-refractivity contribution in [3.05, 3.63) is 71.3 Å². The predicted octanol–water partition coefficient (Wildman–Crippen LogP) is 3.85. The van der Waals surface area contributed by atoms with E-state index in [2.05, 4.69) is 29.7 Å². The van der Waals surface area contributed by atoms with Crippen molar-refractivity contribution in [2.24, 2.45) is 5.92 Å². The zero-order valence-electron chi connectivity index (χ0n) is 15.6. The monoisotopic (exact) mass is 388 g/mol. The number of hydrogen-bond donors (Lipinski definition) is 2. The number of hydrogen-bond acceptors (Lipinski definition) is 2. The number of amides is 1. The number of benzene rings is 2. The molecule has 1 saturated heterocycles. The van der Waals surface area contributed by atoms with Crippen LogP contribution in [0.5, 0.6) is 0 Å². The maximum absolute atomic E-state index is 12.9. The first kappa shape index (κ1) is 19.0. The lowest BCUT2D eigenvalue weighted by atomic mass is 9.87. The number of nitrogens with one attached hydrogen (secondary N) is 2. The normalized spacial score (nSPS) is 29.5. The Balaban J connectivity index is 1.43. The summed E-state index contributed by atoms with van der Waals surface area (Å²) in [7, 11) is 0. The molecule has 2 aliphatic rings. The van der Waals surface area contributed by atoms with Gasteiger partial charge in [-0.1, -0.05) is 49.4 Å². The van der Waals surface area contributed by atoms with E-state index in [9.17, 15) is 18.0 Å². The van der Waals surface area contributed by atoms with Crippen molar-refractivity contribution in [1.82, 2.24) is 10.6 Å². The third kappa shape index (κ3) is 3.53. The third-order valence-electron chi connectivity index (χ3n) is 6.20. The van der Waals surface area contributed by atoms with E-state index in [-0.39, 0.29) is 29.2 Å². The van der Waals surface area contributed by atoms with Crippen LogP contribution in [0.15, 0.2) is 54.6 Å². The standard InChI is InChI=1S/C22H23F3N2O/c1-21(15-5-3-2-4-6-15)11-19(21)27-20(28)18-13-26-12-17(18)14-7-9-16(10-8-14)22(23,24)25/h2-10,17-19,26H,11-13H2,1H3,(H,27,28). The maximum Gasteiger partial charge on any atom is 0.416 e. The zero-order valence-corrected chi connectivity index (χ0v) is 15.6. The fourth-order valence-corrected chi connectivity index (χ4v) is 4.22. The van der Waals surface area contributed by atoms with Gasteiger partial charge < -0.3 is 10.6 Å². The molecule has 0 aromatic heterocycles. The van der Waals surface area contributed by atoms with Gasteiger partial charge in [0.05, 0.1) is 11.5 Å². The number of carbonyl (C=O) groups excluding carboxylic acids is 1. The first-order valence-corrected chi connectivity index (χ1v) is 9.53. The lowest BCUT2D eigenvalue weighted by Gasteiger charge is -2.20. The summed E-state index contributed by atoms with van der Waals surface area (Å²) >= 11 is 0. The highest BCUT2D eigenvalue weighted by atomic mass is 19.4. The lowest BCUT2D eigenvalue weighted by molar-refractivity contribution is -0.137. The minimum atomic E-state index is -4.35. The van der Waals surface area contributed by atoms with E-state index in [1.54, 1.807) is 0 Å². The van der Waals surface area contributed by atoms with E-state index in [1.807, 2.05) is 18.2 Å². The van der Waals surface area contributed by atoms with Crippen molar-refractivity contribution in [2.75, 3.05) is 13.1 Å². The van der Waals surface area contributed by atoms with Gasteiger partial charge in [-0.3, -0.25) is 4.79 Å². The Hall–Kier alpha value is -2.34. The molecule has 4 unspecified atom stereocenters. The molecule has 1 aliphatic heterocycles. The summed E-state index contributed by atoms with van der Waals surface area (Å²) in [5.41, 5.74) is 1.26. The Morgan fingerprint density at radius 3 is 2.39 bits per heavy atom. The molecule has 1 saturated carbocycles. The molecule has 0 radical (unpaired) electrons. The summed E-state index contributed by atoms with van der Waals surface area (Å²) in [6.45, 7) is 3.27. The van der Waals surface area contributed by atoms with Crippen molar-refractivity contribution >= 4 is 5.91 Å². The molecule has 2 aromatic rings. The Morgan fingerprint density at radius 2 is 1.75 bits per heavy atom. The summed E-state index contributed by atoms with van der Waals surface area (Å²) in [4.78, 5) is 12.9. The van der Waals surface area contributed by atoms with Gasteiger partial charge in [0.15, 0.2) is 0 Å². The molecule has 4 rings (SSSR count). The average Bonchev–Trinajstić information content (AvgIpc) is 3.11. The van der Waals surface area contributed by atoms with Gasteiger partial charge in [-0.05, 0) is 29.7 Å². The maximum atomic E-state index is 12.9. The Bertz CT molecular complexity index is 850. The molecule has 1 aliphatic carbocycles. The average molecular weight is 388 g/mol. The topological polar surface area (TPSA) is 41.1 Å². The van der Waals surface area contributed by atoms with Crippen LogP contribution in [0.3, 0.4) is 0 Å². The second-order valence-electron chi connectivity index (χ2n) is 8.04. The molecule has 0 bridgehead atoms. The molecule has 4 atom stereocenters. The second kappa shape index (κ2) is 6.92. The van der Waals surface area contributed by atoms with Crippen molar-refractivity contribution in [1.29, 1.82) is 0 Å². The summed E-state index contributed by atoms with van der Waals surface area (Å²) in [5.74, 6) is -0.430. The fourth-order valence-electron chi connectivity index (χ4n) is 4.22. The van der Waals surface area contributed by atoms with Gasteiger partial charge in [0.25, 0.3) is 0 Å². The van der Waals surface area contributed by atoms with Crippen LogP contribution in [0.25, 0.3) is 0 Å². The minimum Gasteiger partial charge on any atom is -0.352 e. The van der Waals surface area contributed by atoms with Gasteiger partial charge in [0, 0.05) is 30.5 Å².